The van der Waals surface area contributed by atoms with Crippen molar-refractivity contribution in [1.82, 2.24) is 4.98 Å². The molecule has 29 heavy (non-hydrogen) atoms. The summed E-state index contributed by atoms with van der Waals surface area (Å²) in [6, 6.07) is 0. The van der Waals surface area contributed by atoms with Crippen molar-refractivity contribution in [3.8, 4) is 0 Å². The zero-order valence-electron chi connectivity index (χ0n) is 17.4. The predicted molar refractivity (Wildman–Crippen MR) is 121 cm³/mol. The predicted octanol–water partition coefficient (Wildman–Crippen LogP) is 6.30. The number of carbonyl (C=O) groups excluding carboxylic acids is 1. The SMILES string of the molecule is CCC=CCC=CCC=CCCCCCCCC(=O)Nc1nc(CC(=O)O)cs1. The number of aromatic nitrogens is 1. The topological polar surface area (TPSA) is 79.3 Å². The average molecular weight is 419 g/mol. The van der Waals surface area contributed by atoms with Gasteiger partial charge in [0.2, 0.25) is 5.91 Å². The molecule has 0 aromatic carbocycles. The summed E-state index contributed by atoms with van der Waals surface area (Å²) in [5.41, 5.74) is 0.479. The molecule has 0 saturated carbocycles. The van der Waals surface area contributed by atoms with E-state index in [0.29, 0.717) is 17.2 Å². The van der Waals surface area contributed by atoms with Gasteiger partial charge in [0, 0.05) is 11.8 Å². The Labute approximate surface area is 178 Å². The van der Waals surface area contributed by atoms with Gasteiger partial charge in [0.15, 0.2) is 5.13 Å². The highest BCUT2D eigenvalue weighted by atomic mass is 32.1. The van der Waals surface area contributed by atoms with Crippen LogP contribution in [-0.4, -0.2) is 22.0 Å². The maximum atomic E-state index is 11.9. The third-order valence-electron chi connectivity index (χ3n) is 4.19. The van der Waals surface area contributed by atoms with Crippen LogP contribution in [0.15, 0.2) is 41.8 Å². The number of aliphatic carboxylic acids is 1. The Morgan fingerprint density at radius 2 is 1.66 bits per heavy atom. The second-order valence-corrected chi connectivity index (χ2v) is 7.72. The van der Waals surface area contributed by atoms with Gasteiger partial charge in [-0.1, -0.05) is 62.6 Å². The number of unbranched alkanes of at least 4 members (excludes halogenated alkanes) is 5. The van der Waals surface area contributed by atoms with Crippen LogP contribution in [0.3, 0.4) is 0 Å². The second-order valence-electron chi connectivity index (χ2n) is 6.86. The highest BCUT2D eigenvalue weighted by Crippen LogP contribution is 2.16. The summed E-state index contributed by atoms with van der Waals surface area (Å²) in [7, 11) is 0. The molecule has 0 aliphatic rings. The molecule has 1 rings (SSSR count). The number of carbonyl (C=O) groups is 2. The van der Waals surface area contributed by atoms with Crippen LogP contribution in [0.25, 0.3) is 0 Å². The van der Waals surface area contributed by atoms with Gasteiger partial charge in [0.25, 0.3) is 0 Å². The van der Waals surface area contributed by atoms with E-state index in [-0.39, 0.29) is 12.3 Å². The maximum absolute atomic E-state index is 11.9. The maximum Gasteiger partial charge on any atom is 0.309 e. The number of thiazole rings is 1. The minimum Gasteiger partial charge on any atom is -0.481 e. The minimum absolute atomic E-state index is 0.0533. The van der Waals surface area contributed by atoms with Crippen LogP contribution in [0.2, 0.25) is 0 Å². The Morgan fingerprint density at radius 3 is 2.38 bits per heavy atom. The van der Waals surface area contributed by atoms with Crippen molar-refractivity contribution in [1.29, 1.82) is 0 Å². The lowest BCUT2D eigenvalue weighted by molar-refractivity contribution is -0.136. The largest absolute Gasteiger partial charge is 0.481 e. The lowest BCUT2D eigenvalue weighted by Gasteiger charge is -2.02. The van der Waals surface area contributed by atoms with E-state index in [2.05, 4.69) is 53.7 Å². The van der Waals surface area contributed by atoms with Crippen LogP contribution in [-0.2, 0) is 16.0 Å². The quantitative estimate of drug-likeness (QED) is 0.244. The fourth-order valence-corrected chi connectivity index (χ4v) is 3.41. The van der Waals surface area contributed by atoms with Crippen molar-refractivity contribution in [2.75, 3.05) is 5.32 Å². The fourth-order valence-electron chi connectivity index (χ4n) is 2.69. The molecular weight excluding hydrogens is 384 g/mol. The molecule has 2 N–H and O–H groups in total. The molecule has 0 bridgehead atoms. The van der Waals surface area contributed by atoms with Crippen LogP contribution in [0.1, 0.15) is 76.8 Å². The highest BCUT2D eigenvalue weighted by molar-refractivity contribution is 7.13. The number of amides is 1. The summed E-state index contributed by atoms with van der Waals surface area (Å²) >= 11 is 1.26. The minimum atomic E-state index is -0.920. The highest BCUT2D eigenvalue weighted by Gasteiger charge is 2.08. The van der Waals surface area contributed by atoms with E-state index >= 15 is 0 Å². The molecule has 5 nitrogen and oxygen atoms in total. The van der Waals surface area contributed by atoms with E-state index in [9.17, 15) is 9.59 Å². The van der Waals surface area contributed by atoms with Crippen LogP contribution < -0.4 is 5.32 Å². The number of hydrogen-bond donors (Lipinski definition) is 2. The fraction of sp³-hybridized carbons (Fsp3) is 0.522. The van der Waals surface area contributed by atoms with Crippen molar-refractivity contribution in [3.05, 3.63) is 47.5 Å². The molecule has 1 amide bonds. The van der Waals surface area contributed by atoms with E-state index in [4.69, 9.17) is 5.11 Å². The number of nitrogens with one attached hydrogen (secondary N) is 1. The summed E-state index contributed by atoms with van der Waals surface area (Å²) in [6.07, 6.45) is 23.3. The molecule has 0 aliphatic carbocycles. The normalized spacial score (nSPS) is 11.8. The van der Waals surface area contributed by atoms with Gasteiger partial charge in [0.05, 0.1) is 12.1 Å². The first-order valence-corrected chi connectivity index (χ1v) is 11.4. The summed E-state index contributed by atoms with van der Waals surface area (Å²) in [5.74, 6) is -0.974. The molecule has 0 spiro atoms. The molecule has 1 aromatic rings. The third kappa shape index (κ3) is 14.4. The molecule has 0 atom stereocenters. The Hall–Kier alpha value is -2.21. The summed E-state index contributed by atoms with van der Waals surface area (Å²) < 4.78 is 0. The molecule has 160 valence electrons. The Morgan fingerprint density at radius 1 is 1.00 bits per heavy atom. The van der Waals surface area contributed by atoms with Crippen molar-refractivity contribution in [2.24, 2.45) is 0 Å². The lowest BCUT2D eigenvalue weighted by Crippen LogP contribution is -2.11. The van der Waals surface area contributed by atoms with E-state index < -0.39 is 5.97 Å². The Balaban J connectivity index is 1.96. The number of anilines is 1. The number of allylic oxidation sites excluding steroid dienone is 6. The summed E-state index contributed by atoms with van der Waals surface area (Å²) in [5, 5.41) is 13.6. The Bertz CT molecular complexity index is 677. The van der Waals surface area contributed by atoms with Gasteiger partial charge in [-0.15, -0.1) is 11.3 Å². The first kappa shape index (κ1) is 24.8. The lowest BCUT2D eigenvalue weighted by atomic mass is 10.1. The zero-order valence-corrected chi connectivity index (χ0v) is 18.3. The monoisotopic (exact) mass is 418 g/mol. The van der Waals surface area contributed by atoms with Crippen LogP contribution in [0, 0.1) is 0 Å². The van der Waals surface area contributed by atoms with Crippen LogP contribution in [0.5, 0.6) is 0 Å². The van der Waals surface area contributed by atoms with Gasteiger partial charge in [-0.25, -0.2) is 4.98 Å². The average Bonchev–Trinajstić information content (AvgIpc) is 3.10. The first-order valence-electron chi connectivity index (χ1n) is 10.5. The van der Waals surface area contributed by atoms with Crippen molar-refractivity contribution < 1.29 is 14.7 Å². The van der Waals surface area contributed by atoms with E-state index in [1.807, 2.05) is 0 Å². The Kier molecular flexibility index (Phi) is 14.3. The van der Waals surface area contributed by atoms with E-state index in [0.717, 1.165) is 44.9 Å². The molecule has 0 saturated heterocycles. The number of hydrogen-bond acceptors (Lipinski definition) is 4. The molecule has 1 heterocycles. The first-order chi connectivity index (χ1) is 14.1. The van der Waals surface area contributed by atoms with Crippen molar-refractivity contribution in [2.45, 2.75) is 77.6 Å². The van der Waals surface area contributed by atoms with Gasteiger partial charge < -0.3 is 10.4 Å². The molecule has 0 aliphatic heterocycles. The van der Waals surface area contributed by atoms with Crippen molar-refractivity contribution in [3.63, 3.8) is 0 Å². The number of carboxylic acid groups (broad SMARTS) is 1. The second kappa shape index (κ2) is 16.7. The summed E-state index contributed by atoms with van der Waals surface area (Å²) in [4.78, 5) is 26.6. The van der Waals surface area contributed by atoms with Gasteiger partial charge in [-0.05, 0) is 38.5 Å². The number of nitrogens with zero attached hydrogens (tertiary/aromatic N) is 1. The van der Waals surface area contributed by atoms with Gasteiger partial charge in [-0.3, -0.25) is 9.59 Å². The van der Waals surface area contributed by atoms with Gasteiger partial charge >= 0.3 is 5.97 Å². The smallest absolute Gasteiger partial charge is 0.309 e. The third-order valence-corrected chi connectivity index (χ3v) is 4.99. The molecule has 0 radical (unpaired) electrons. The number of rotatable bonds is 16. The van der Waals surface area contributed by atoms with E-state index in [1.165, 1.54) is 24.2 Å². The van der Waals surface area contributed by atoms with Gasteiger partial charge in [-0.2, -0.15) is 0 Å². The zero-order chi connectivity index (χ0) is 21.2. The summed E-state index contributed by atoms with van der Waals surface area (Å²) in [6.45, 7) is 2.14. The standard InChI is InChI=1S/C23H34N2O3S/c1-2-3-4-5-6-7-8-9-10-11-12-13-14-15-16-17-21(26)25-23-24-20(19-29-23)18-22(27)28/h3-4,6-7,9-10,19H,2,5,8,11-18H2,1H3,(H,27,28)(H,24,25,26). The van der Waals surface area contributed by atoms with E-state index in [1.54, 1.807) is 5.38 Å². The molecule has 0 fully saturated rings. The molecule has 0 unspecified atom stereocenters. The molecule has 1 aromatic heterocycles. The van der Waals surface area contributed by atoms with Crippen LogP contribution in [0.4, 0.5) is 5.13 Å². The van der Waals surface area contributed by atoms with Crippen molar-refractivity contribution >= 4 is 28.3 Å². The molecule has 6 heteroatoms. The van der Waals surface area contributed by atoms with Gasteiger partial charge in [0.1, 0.15) is 0 Å². The number of carboxylic acids is 1. The van der Waals surface area contributed by atoms with Crippen LogP contribution >= 0.6 is 11.3 Å². The molecular formula is C23H34N2O3S.